The van der Waals surface area contributed by atoms with Gasteiger partial charge in [0.2, 0.25) is 0 Å². The number of nitrogens with zero attached hydrogens (tertiary/aromatic N) is 3. The maximum absolute atomic E-state index is 11.9. The minimum Gasteiger partial charge on any atom is -0.465 e. The fourth-order valence-electron chi connectivity index (χ4n) is 1.99. The Morgan fingerprint density at radius 3 is 2.88 bits per heavy atom. The number of fused-ring (bicyclic) bond motifs is 1. The number of hydrogen-bond donors (Lipinski definition) is 1. The number of aromatic nitrogens is 2. The summed E-state index contributed by atoms with van der Waals surface area (Å²) in [7, 11) is 1.21. The van der Waals surface area contributed by atoms with Crippen LogP contribution in [0.1, 0.15) is 10.4 Å². The minimum absolute atomic E-state index is 0.0742. The van der Waals surface area contributed by atoms with Gasteiger partial charge in [0.05, 0.1) is 23.0 Å². The molecule has 0 radical (unpaired) electrons. The van der Waals surface area contributed by atoms with E-state index in [9.17, 15) is 14.9 Å². The SMILES string of the molecule is COC(=O)c1cc([N+](=O)[O-])ccc1Sc1nc(N)c2ccsc2n1. The van der Waals surface area contributed by atoms with Crippen LogP contribution < -0.4 is 5.73 Å². The smallest absolute Gasteiger partial charge is 0.339 e. The number of nitro benzene ring substituents is 1. The van der Waals surface area contributed by atoms with E-state index in [1.54, 1.807) is 0 Å². The van der Waals surface area contributed by atoms with Crippen molar-refractivity contribution < 1.29 is 14.5 Å². The molecule has 2 aromatic heterocycles. The average Bonchev–Trinajstić information content (AvgIpc) is 3.03. The van der Waals surface area contributed by atoms with Crippen molar-refractivity contribution in [1.29, 1.82) is 0 Å². The van der Waals surface area contributed by atoms with E-state index in [1.807, 2.05) is 11.4 Å². The third kappa shape index (κ3) is 3.01. The number of anilines is 1. The third-order valence-electron chi connectivity index (χ3n) is 3.11. The van der Waals surface area contributed by atoms with Gasteiger partial charge in [-0.1, -0.05) is 0 Å². The van der Waals surface area contributed by atoms with Gasteiger partial charge < -0.3 is 10.5 Å². The summed E-state index contributed by atoms with van der Waals surface area (Å²) >= 11 is 2.51. The lowest BCUT2D eigenvalue weighted by Crippen LogP contribution is -2.04. The van der Waals surface area contributed by atoms with Crippen LogP contribution in [0.5, 0.6) is 0 Å². The van der Waals surface area contributed by atoms with Gasteiger partial charge in [0.25, 0.3) is 5.69 Å². The number of carbonyl (C=O) groups is 1. The van der Waals surface area contributed by atoms with Crippen molar-refractivity contribution in [3.05, 3.63) is 45.3 Å². The van der Waals surface area contributed by atoms with Gasteiger partial charge in [-0.25, -0.2) is 14.8 Å². The van der Waals surface area contributed by atoms with Gasteiger partial charge in [0.1, 0.15) is 10.6 Å². The van der Waals surface area contributed by atoms with Crippen LogP contribution in [0, 0.1) is 10.1 Å². The summed E-state index contributed by atoms with van der Waals surface area (Å²) in [4.78, 5) is 32.0. The van der Waals surface area contributed by atoms with Crippen molar-refractivity contribution in [2.24, 2.45) is 0 Å². The second kappa shape index (κ2) is 6.42. The Bertz CT molecular complexity index is 957. The number of rotatable bonds is 4. The molecule has 0 saturated carbocycles. The normalized spacial score (nSPS) is 10.7. The number of methoxy groups -OCH3 is 1. The molecule has 3 aromatic rings. The first kappa shape index (κ1) is 16.1. The predicted octanol–water partition coefficient (Wildman–Crippen LogP) is 3.12. The number of carbonyl (C=O) groups excluding carboxylic acids is 1. The number of esters is 1. The molecule has 0 bridgehead atoms. The average molecular weight is 362 g/mol. The van der Waals surface area contributed by atoms with Gasteiger partial charge in [-0.2, -0.15) is 0 Å². The summed E-state index contributed by atoms with van der Waals surface area (Å²) in [6.45, 7) is 0. The first-order chi connectivity index (χ1) is 11.5. The van der Waals surface area contributed by atoms with Crippen molar-refractivity contribution >= 4 is 50.8 Å². The second-order valence-electron chi connectivity index (χ2n) is 4.56. The zero-order valence-corrected chi connectivity index (χ0v) is 13.9. The Kier molecular flexibility index (Phi) is 4.32. The van der Waals surface area contributed by atoms with Gasteiger partial charge in [-0.3, -0.25) is 10.1 Å². The molecule has 0 aliphatic heterocycles. The molecule has 122 valence electrons. The molecular formula is C14H10N4O4S2. The third-order valence-corrected chi connectivity index (χ3v) is 4.86. The highest BCUT2D eigenvalue weighted by molar-refractivity contribution is 7.99. The highest BCUT2D eigenvalue weighted by atomic mass is 32.2. The molecule has 1 aromatic carbocycles. The molecular weight excluding hydrogens is 352 g/mol. The van der Waals surface area contributed by atoms with E-state index in [0.29, 0.717) is 15.9 Å². The van der Waals surface area contributed by atoms with Crippen LogP contribution in [0.4, 0.5) is 11.5 Å². The number of non-ortho nitro benzene ring substituents is 1. The molecule has 24 heavy (non-hydrogen) atoms. The second-order valence-corrected chi connectivity index (χ2v) is 6.47. The lowest BCUT2D eigenvalue weighted by Gasteiger charge is -2.07. The number of nitrogens with two attached hydrogens (primary N) is 1. The van der Waals surface area contributed by atoms with E-state index >= 15 is 0 Å². The molecule has 2 N–H and O–H groups in total. The van der Waals surface area contributed by atoms with Crippen molar-refractivity contribution in [3.63, 3.8) is 0 Å². The molecule has 0 aliphatic rings. The van der Waals surface area contributed by atoms with Gasteiger partial charge in [0, 0.05) is 17.0 Å². The fraction of sp³-hybridized carbons (Fsp3) is 0.0714. The molecule has 0 spiro atoms. The topological polar surface area (TPSA) is 121 Å². The summed E-state index contributed by atoms with van der Waals surface area (Å²) < 4.78 is 4.69. The maximum atomic E-state index is 11.9. The molecule has 8 nitrogen and oxygen atoms in total. The molecule has 0 amide bonds. The van der Waals surface area contributed by atoms with E-state index in [-0.39, 0.29) is 11.3 Å². The first-order valence-corrected chi connectivity index (χ1v) is 8.24. The summed E-state index contributed by atoms with van der Waals surface area (Å²) in [5.41, 5.74) is 5.78. The van der Waals surface area contributed by atoms with Gasteiger partial charge >= 0.3 is 5.97 Å². The van der Waals surface area contributed by atoms with E-state index in [2.05, 4.69) is 9.97 Å². The molecule has 0 fully saturated rings. The zero-order chi connectivity index (χ0) is 17.3. The van der Waals surface area contributed by atoms with Crippen LogP contribution in [0.3, 0.4) is 0 Å². The van der Waals surface area contributed by atoms with Gasteiger partial charge in [-0.15, -0.1) is 11.3 Å². The fourth-order valence-corrected chi connectivity index (χ4v) is 3.69. The van der Waals surface area contributed by atoms with Crippen LogP contribution in [0.25, 0.3) is 10.2 Å². The lowest BCUT2D eigenvalue weighted by molar-refractivity contribution is -0.384. The number of benzene rings is 1. The Balaban J connectivity index is 2.04. The van der Waals surface area contributed by atoms with Crippen molar-refractivity contribution in [1.82, 2.24) is 9.97 Å². The summed E-state index contributed by atoms with van der Waals surface area (Å²) in [6.07, 6.45) is 0. The molecule has 3 rings (SSSR count). The molecule has 10 heteroatoms. The maximum Gasteiger partial charge on any atom is 0.339 e. The van der Waals surface area contributed by atoms with E-state index in [0.717, 1.165) is 22.0 Å². The quantitative estimate of drug-likeness (QED) is 0.325. The number of hydrogen-bond acceptors (Lipinski definition) is 9. The van der Waals surface area contributed by atoms with Crippen molar-refractivity contribution in [2.45, 2.75) is 10.1 Å². The van der Waals surface area contributed by atoms with Gasteiger partial charge in [0.15, 0.2) is 5.16 Å². The molecule has 0 unspecified atom stereocenters. The predicted molar refractivity (Wildman–Crippen MR) is 90.4 cm³/mol. The number of thiophene rings is 1. The standard InChI is InChI=1S/C14H10N4O4S2/c1-22-13(19)9-6-7(18(20)21)2-3-10(9)24-14-16-11(15)8-4-5-23-12(8)17-14/h2-6H,1H3,(H2,15,16,17). The number of nitrogen functional groups attached to an aromatic ring is 1. The van der Waals surface area contributed by atoms with Crippen LogP contribution >= 0.6 is 23.1 Å². The Morgan fingerprint density at radius 2 is 2.17 bits per heavy atom. The van der Waals surface area contributed by atoms with Gasteiger partial charge in [-0.05, 0) is 29.3 Å². The molecule has 2 heterocycles. The van der Waals surface area contributed by atoms with E-state index in [4.69, 9.17) is 10.5 Å². The minimum atomic E-state index is -0.675. The largest absolute Gasteiger partial charge is 0.465 e. The van der Waals surface area contributed by atoms with Crippen molar-refractivity contribution in [3.8, 4) is 0 Å². The Hall–Kier alpha value is -2.72. The first-order valence-electron chi connectivity index (χ1n) is 6.55. The Labute approximate surface area is 143 Å². The summed E-state index contributed by atoms with van der Waals surface area (Å²) in [6, 6.07) is 5.77. The van der Waals surface area contributed by atoms with Crippen LogP contribution in [-0.4, -0.2) is 28.0 Å². The zero-order valence-electron chi connectivity index (χ0n) is 12.3. The highest BCUT2D eigenvalue weighted by Gasteiger charge is 2.19. The highest BCUT2D eigenvalue weighted by Crippen LogP contribution is 2.33. The Morgan fingerprint density at radius 1 is 1.38 bits per heavy atom. The van der Waals surface area contributed by atoms with Crippen LogP contribution in [0.2, 0.25) is 0 Å². The lowest BCUT2D eigenvalue weighted by atomic mass is 10.2. The van der Waals surface area contributed by atoms with E-state index < -0.39 is 10.9 Å². The molecule has 0 atom stereocenters. The number of nitro groups is 1. The monoisotopic (exact) mass is 362 g/mol. The number of ether oxygens (including phenoxy) is 1. The van der Waals surface area contributed by atoms with Crippen molar-refractivity contribution in [2.75, 3.05) is 12.8 Å². The molecule has 0 saturated heterocycles. The van der Waals surface area contributed by atoms with E-state index in [1.165, 1.54) is 36.6 Å². The summed E-state index contributed by atoms with van der Waals surface area (Å²) in [5.74, 6) is -0.336. The summed E-state index contributed by atoms with van der Waals surface area (Å²) in [5, 5.41) is 13.9. The van der Waals surface area contributed by atoms with Crippen LogP contribution in [0.15, 0.2) is 39.7 Å². The van der Waals surface area contributed by atoms with Crippen LogP contribution in [-0.2, 0) is 4.74 Å². The molecule has 0 aliphatic carbocycles.